The van der Waals surface area contributed by atoms with Gasteiger partial charge in [0.1, 0.15) is 4.90 Å². The van der Waals surface area contributed by atoms with Gasteiger partial charge in [0.15, 0.2) is 0 Å². The van der Waals surface area contributed by atoms with Crippen LogP contribution in [0.5, 0.6) is 0 Å². The Balaban J connectivity index is 2.48. The first-order valence-electron chi connectivity index (χ1n) is 6.25. The zero-order chi connectivity index (χ0) is 14.9. The zero-order valence-electron chi connectivity index (χ0n) is 10.9. The summed E-state index contributed by atoms with van der Waals surface area (Å²) >= 11 is 15.4. The molecule has 1 aromatic carbocycles. The number of hydrogen-bond donors (Lipinski definition) is 1. The second kappa shape index (κ2) is 6.50. The molecule has 0 aliphatic carbocycles. The number of rotatable bonds is 4. The molecule has 0 radical (unpaired) electrons. The van der Waals surface area contributed by atoms with Crippen LogP contribution in [0.3, 0.4) is 0 Å². The molecule has 1 N–H and O–H groups in total. The van der Waals surface area contributed by atoms with Gasteiger partial charge in [0, 0.05) is 23.6 Å². The molecule has 112 valence electrons. The van der Waals surface area contributed by atoms with Crippen molar-refractivity contribution < 1.29 is 8.42 Å². The largest absolute Gasteiger partial charge is 0.315 e. The molecule has 0 aromatic heterocycles. The standard InChI is InChI=1S/C12H15BrCl2N2O2S/c1-2-17(9-3-4-16-7-9)20(18,19)12-10(14)5-8(13)6-11(12)15/h5-6,9,16H,2-4,7H2,1H3. The highest BCUT2D eigenvalue weighted by molar-refractivity contribution is 9.10. The molecule has 0 bridgehead atoms. The predicted octanol–water partition coefficient (Wildman–Crippen LogP) is 3.13. The molecular weight excluding hydrogens is 387 g/mol. The summed E-state index contributed by atoms with van der Waals surface area (Å²) in [5, 5.41) is 3.44. The Bertz CT molecular complexity index is 580. The molecule has 2 rings (SSSR count). The number of benzene rings is 1. The molecular formula is C12H15BrCl2N2O2S. The second-order valence-electron chi connectivity index (χ2n) is 4.55. The zero-order valence-corrected chi connectivity index (χ0v) is 14.8. The van der Waals surface area contributed by atoms with Crippen molar-refractivity contribution in [1.82, 2.24) is 9.62 Å². The van der Waals surface area contributed by atoms with E-state index in [4.69, 9.17) is 23.2 Å². The van der Waals surface area contributed by atoms with Gasteiger partial charge in [-0.15, -0.1) is 0 Å². The molecule has 1 unspecified atom stereocenters. The van der Waals surface area contributed by atoms with Crippen LogP contribution in [0, 0.1) is 0 Å². The summed E-state index contributed by atoms with van der Waals surface area (Å²) in [7, 11) is -3.70. The minimum absolute atomic E-state index is 0.0159. The van der Waals surface area contributed by atoms with Crippen molar-refractivity contribution in [3.8, 4) is 0 Å². The van der Waals surface area contributed by atoms with Crippen LogP contribution in [0.25, 0.3) is 0 Å². The Labute approximate surface area is 137 Å². The summed E-state index contributed by atoms with van der Waals surface area (Å²) < 4.78 is 27.8. The Hall–Kier alpha value is 0.150. The van der Waals surface area contributed by atoms with E-state index in [1.165, 1.54) is 4.31 Å². The van der Waals surface area contributed by atoms with Gasteiger partial charge in [-0.3, -0.25) is 0 Å². The third kappa shape index (κ3) is 3.15. The van der Waals surface area contributed by atoms with E-state index in [-0.39, 0.29) is 21.0 Å². The first-order valence-corrected chi connectivity index (χ1v) is 9.24. The fourth-order valence-corrected chi connectivity index (χ4v) is 5.95. The molecule has 1 aromatic rings. The number of halogens is 3. The first kappa shape index (κ1) is 16.5. The van der Waals surface area contributed by atoms with Gasteiger partial charge in [0.25, 0.3) is 0 Å². The number of nitrogens with zero attached hydrogens (tertiary/aromatic N) is 1. The maximum absolute atomic E-state index is 12.8. The van der Waals surface area contributed by atoms with Gasteiger partial charge in [0.05, 0.1) is 10.0 Å². The van der Waals surface area contributed by atoms with E-state index in [9.17, 15) is 8.42 Å². The Morgan fingerprint density at radius 1 is 1.40 bits per heavy atom. The average Bonchev–Trinajstić information content (AvgIpc) is 2.80. The first-order chi connectivity index (χ1) is 9.37. The van der Waals surface area contributed by atoms with E-state index in [1.807, 2.05) is 6.92 Å². The van der Waals surface area contributed by atoms with Crippen molar-refractivity contribution in [2.75, 3.05) is 19.6 Å². The number of sulfonamides is 1. The fourth-order valence-electron chi connectivity index (χ4n) is 2.40. The molecule has 0 amide bonds. The lowest BCUT2D eigenvalue weighted by molar-refractivity contribution is 0.349. The van der Waals surface area contributed by atoms with Gasteiger partial charge >= 0.3 is 0 Å². The Morgan fingerprint density at radius 2 is 2.00 bits per heavy atom. The Morgan fingerprint density at radius 3 is 2.45 bits per heavy atom. The molecule has 0 saturated carbocycles. The topological polar surface area (TPSA) is 49.4 Å². The van der Waals surface area contributed by atoms with Crippen molar-refractivity contribution in [3.63, 3.8) is 0 Å². The molecule has 4 nitrogen and oxygen atoms in total. The van der Waals surface area contributed by atoms with E-state index in [0.717, 1.165) is 13.0 Å². The maximum Gasteiger partial charge on any atom is 0.246 e. The van der Waals surface area contributed by atoms with Crippen LogP contribution in [-0.4, -0.2) is 38.4 Å². The summed E-state index contributed by atoms with van der Waals surface area (Å²) in [6.45, 7) is 3.67. The average molecular weight is 402 g/mol. The van der Waals surface area contributed by atoms with Crippen molar-refractivity contribution >= 4 is 49.2 Å². The summed E-state index contributed by atoms with van der Waals surface area (Å²) in [4.78, 5) is -0.0159. The van der Waals surface area contributed by atoms with Crippen molar-refractivity contribution in [1.29, 1.82) is 0 Å². The summed E-state index contributed by atoms with van der Waals surface area (Å²) in [5.41, 5.74) is 0. The van der Waals surface area contributed by atoms with Gasteiger partial charge in [-0.1, -0.05) is 46.1 Å². The number of likely N-dealkylation sites (N-methyl/N-ethyl adjacent to an activating group) is 1. The van der Waals surface area contributed by atoms with Crippen molar-refractivity contribution in [3.05, 3.63) is 26.7 Å². The monoisotopic (exact) mass is 400 g/mol. The van der Waals surface area contributed by atoms with Crippen LogP contribution in [0.2, 0.25) is 10.0 Å². The van der Waals surface area contributed by atoms with Gasteiger partial charge < -0.3 is 5.32 Å². The van der Waals surface area contributed by atoms with Gasteiger partial charge in [-0.05, 0) is 25.1 Å². The third-order valence-electron chi connectivity index (χ3n) is 3.28. The summed E-state index contributed by atoms with van der Waals surface area (Å²) in [6, 6.07) is 3.03. The van der Waals surface area contributed by atoms with Crippen molar-refractivity contribution in [2.45, 2.75) is 24.3 Å². The second-order valence-corrected chi connectivity index (χ2v) is 8.11. The predicted molar refractivity (Wildman–Crippen MR) is 85.0 cm³/mol. The van der Waals surface area contributed by atoms with Gasteiger partial charge in [0.2, 0.25) is 10.0 Å². The molecule has 1 atom stereocenters. The highest BCUT2D eigenvalue weighted by atomic mass is 79.9. The molecule has 20 heavy (non-hydrogen) atoms. The molecule has 8 heteroatoms. The number of hydrogen-bond acceptors (Lipinski definition) is 3. The van der Waals surface area contributed by atoms with Gasteiger partial charge in [-0.25, -0.2) is 8.42 Å². The molecule has 1 heterocycles. The van der Waals surface area contributed by atoms with Crippen LogP contribution in [0.1, 0.15) is 13.3 Å². The summed E-state index contributed by atoms with van der Waals surface area (Å²) in [5.74, 6) is 0. The van der Waals surface area contributed by atoms with E-state index >= 15 is 0 Å². The fraction of sp³-hybridized carbons (Fsp3) is 0.500. The molecule has 1 fully saturated rings. The van der Waals surface area contributed by atoms with Crippen LogP contribution in [0.15, 0.2) is 21.5 Å². The Kier molecular flexibility index (Phi) is 5.37. The van der Waals surface area contributed by atoms with E-state index < -0.39 is 10.0 Å². The SMILES string of the molecule is CCN(C1CCNC1)S(=O)(=O)c1c(Cl)cc(Br)cc1Cl. The van der Waals surface area contributed by atoms with Crippen LogP contribution in [0.4, 0.5) is 0 Å². The molecule has 1 aliphatic rings. The summed E-state index contributed by atoms with van der Waals surface area (Å²) in [6.07, 6.45) is 0.791. The minimum Gasteiger partial charge on any atom is -0.315 e. The van der Waals surface area contributed by atoms with Crippen LogP contribution < -0.4 is 5.32 Å². The van der Waals surface area contributed by atoms with E-state index in [2.05, 4.69) is 21.2 Å². The normalized spacial score (nSPS) is 19.8. The highest BCUT2D eigenvalue weighted by Crippen LogP contribution is 2.35. The smallest absolute Gasteiger partial charge is 0.246 e. The lowest BCUT2D eigenvalue weighted by Gasteiger charge is -2.27. The minimum atomic E-state index is -3.70. The van der Waals surface area contributed by atoms with Gasteiger partial charge in [-0.2, -0.15) is 4.31 Å². The quantitative estimate of drug-likeness (QED) is 0.842. The van der Waals surface area contributed by atoms with E-state index in [1.54, 1.807) is 12.1 Å². The molecule has 0 spiro atoms. The molecule has 1 saturated heterocycles. The molecule has 1 aliphatic heterocycles. The van der Waals surface area contributed by atoms with Crippen molar-refractivity contribution in [2.24, 2.45) is 0 Å². The highest BCUT2D eigenvalue weighted by Gasteiger charge is 2.34. The van der Waals surface area contributed by atoms with Crippen LogP contribution >= 0.6 is 39.1 Å². The number of nitrogens with one attached hydrogen (secondary N) is 1. The maximum atomic E-state index is 12.8. The van der Waals surface area contributed by atoms with E-state index in [0.29, 0.717) is 17.6 Å². The lowest BCUT2D eigenvalue weighted by Crippen LogP contribution is -2.41. The third-order valence-corrected chi connectivity index (χ3v) is 6.69. The van der Waals surface area contributed by atoms with Crippen LogP contribution in [-0.2, 0) is 10.0 Å². The lowest BCUT2D eigenvalue weighted by atomic mass is 10.3.